The largest absolute Gasteiger partial charge is 0.481 e. The van der Waals surface area contributed by atoms with E-state index in [2.05, 4.69) is 56.1 Å². The van der Waals surface area contributed by atoms with Gasteiger partial charge in [0.15, 0.2) is 0 Å². The fourth-order valence-corrected chi connectivity index (χ4v) is 5.33. The third kappa shape index (κ3) is 3.54. The molecule has 2 aromatic heterocycles. The second-order valence-electron chi connectivity index (χ2n) is 6.70. The first-order valence-corrected chi connectivity index (χ1v) is 10.3. The van der Waals surface area contributed by atoms with Gasteiger partial charge in [0.05, 0.1) is 15.7 Å². The minimum Gasteiger partial charge on any atom is -0.481 e. The van der Waals surface area contributed by atoms with Crippen LogP contribution in [0.15, 0.2) is 52.6 Å². The number of piperidine rings is 1. The van der Waals surface area contributed by atoms with Gasteiger partial charge in [0, 0.05) is 29.2 Å². The van der Waals surface area contributed by atoms with Crippen LogP contribution in [0.25, 0.3) is 10.8 Å². The van der Waals surface area contributed by atoms with Crippen molar-refractivity contribution < 1.29 is 9.90 Å². The molecule has 0 radical (unpaired) electrons. The summed E-state index contributed by atoms with van der Waals surface area (Å²) in [5, 5.41) is 11.8. The van der Waals surface area contributed by atoms with E-state index in [-0.39, 0.29) is 12.0 Å². The molecule has 1 fully saturated rings. The summed E-state index contributed by atoms with van der Waals surface area (Å²) in [6.07, 6.45) is 5.36. The number of carboxylic acids is 1. The number of carboxylic acid groups (broad SMARTS) is 1. The number of likely N-dealkylation sites (tertiary alicyclic amines) is 1. The average Bonchev–Trinajstić information content (AvgIpc) is 3.08. The normalized spacial score (nSPS) is 19.5. The van der Waals surface area contributed by atoms with Crippen LogP contribution in [0.1, 0.15) is 29.3 Å². The highest BCUT2D eigenvalue weighted by atomic mass is 79.9. The number of pyridine rings is 1. The molecular weight excluding hydrogens is 412 g/mol. The molecule has 1 aliphatic heterocycles. The molecule has 4 rings (SSSR count). The van der Waals surface area contributed by atoms with Gasteiger partial charge in [0.25, 0.3) is 0 Å². The lowest BCUT2D eigenvalue weighted by atomic mass is 9.93. The first kappa shape index (κ1) is 17.6. The van der Waals surface area contributed by atoms with E-state index in [1.54, 1.807) is 11.3 Å². The van der Waals surface area contributed by atoms with Crippen LogP contribution in [-0.4, -0.2) is 34.0 Å². The molecule has 0 aliphatic carbocycles. The quantitative estimate of drug-likeness (QED) is 0.636. The SMILES string of the molecule is O=C(O)C1CCCN(C(c2ccc3cnccc3c2)c2ccc(Br)s2)C1. The zero-order valence-corrected chi connectivity index (χ0v) is 16.5. The zero-order chi connectivity index (χ0) is 18.1. The molecule has 6 heteroatoms. The molecule has 3 heterocycles. The maximum atomic E-state index is 11.5. The van der Waals surface area contributed by atoms with Gasteiger partial charge in [-0.1, -0.05) is 12.1 Å². The molecule has 2 unspecified atom stereocenters. The molecule has 134 valence electrons. The van der Waals surface area contributed by atoms with Crippen LogP contribution in [0, 0.1) is 5.92 Å². The molecule has 0 spiro atoms. The third-order valence-corrected chi connectivity index (χ3v) is 6.69. The van der Waals surface area contributed by atoms with Crippen molar-refractivity contribution >= 4 is 44.0 Å². The van der Waals surface area contributed by atoms with Crippen LogP contribution in [0.2, 0.25) is 0 Å². The summed E-state index contributed by atoms with van der Waals surface area (Å²) < 4.78 is 1.09. The van der Waals surface area contributed by atoms with Crippen molar-refractivity contribution in [2.75, 3.05) is 13.1 Å². The van der Waals surface area contributed by atoms with Crippen molar-refractivity contribution in [3.8, 4) is 0 Å². The van der Waals surface area contributed by atoms with Crippen molar-refractivity contribution in [3.05, 3.63) is 63.0 Å². The smallest absolute Gasteiger partial charge is 0.307 e. The molecule has 4 nitrogen and oxygen atoms in total. The van der Waals surface area contributed by atoms with Gasteiger partial charge >= 0.3 is 5.97 Å². The van der Waals surface area contributed by atoms with E-state index in [0.717, 1.165) is 33.9 Å². The molecule has 26 heavy (non-hydrogen) atoms. The number of rotatable bonds is 4. The predicted octanol–water partition coefficient (Wildman–Crippen LogP) is 4.94. The second-order valence-corrected chi connectivity index (χ2v) is 9.19. The van der Waals surface area contributed by atoms with Crippen LogP contribution >= 0.6 is 27.3 Å². The van der Waals surface area contributed by atoms with Gasteiger partial charge in [-0.2, -0.15) is 0 Å². The van der Waals surface area contributed by atoms with E-state index in [0.29, 0.717) is 6.54 Å². The fourth-order valence-electron chi connectivity index (χ4n) is 3.74. The monoisotopic (exact) mass is 430 g/mol. The number of thiophene rings is 1. The van der Waals surface area contributed by atoms with Gasteiger partial charge in [-0.05, 0) is 70.5 Å². The number of aromatic nitrogens is 1. The van der Waals surface area contributed by atoms with Crippen molar-refractivity contribution in [2.24, 2.45) is 5.92 Å². The summed E-state index contributed by atoms with van der Waals surface area (Å²) in [6, 6.07) is 12.8. The number of hydrogen-bond acceptors (Lipinski definition) is 4. The Balaban J connectivity index is 1.76. The van der Waals surface area contributed by atoms with Gasteiger partial charge in [0.2, 0.25) is 0 Å². The van der Waals surface area contributed by atoms with E-state index in [1.807, 2.05) is 18.5 Å². The summed E-state index contributed by atoms with van der Waals surface area (Å²) >= 11 is 5.28. The molecular formula is C20H19BrN2O2S. The Bertz CT molecular complexity index is 942. The zero-order valence-electron chi connectivity index (χ0n) is 14.1. The van der Waals surface area contributed by atoms with Gasteiger partial charge < -0.3 is 5.11 Å². The minimum absolute atomic E-state index is 0.0750. The lowest BCUT2D eigenvalue weighted by molar-refractivity contribution is -0.143. The summed E-state index contributed by atoms with van der Waals surface area (Å²) in [6.45, 7) is 1.50. The highest BCUT2D eigenvalue weighted by Gasteiger charge is 2.32. The first-order chi connectivity index (χ1) is 12.6. The third-order valence-electron chi connectivity index (χ3n) is 5.01. The van der Waals surface area contributed by atoms with Gasteiger partial charge in [-0.15, -0.1) is 11.3 Å². The van der Waals surface area contributed by atoms with Crippen LogP contribution in [0.5, 0.6) is 0 Å². The van der Waals surface area contributed by atoms with Crippen LogP contribution in [-0.2, 0) is 4.79 Å². The molecule has 1 aromatic carbocycles. The maximum Gasteiger partial charge on any atom is 0.307 e. The highest BCUT2D eigenvalue weighted by Crippen LogP contribution is 2.38. The molecule has 3 aromatic rings. The fraction of sp³-hybridized carbons (Fsp3) is 0.300. The molecule has 0 amide bonds. The Morgan fingerprint density at radius 2 is 2.15 bits per heavy atom. The molecule has 2 atom stereocenters. The Morgan fingerprint density at radius 3 is 2.92 bits per heavy atom. The molecule has 0 saturated carbocycles. The van der Waals surface area contributed by atoms with Crippen LogP contribution < -0.4 is 0 Å². The summed E-state index contributed by atoms with van der Waals surface area (Å²) in [5.41, 5.74) is 1.20. The van der Waals surface area contributed by atoms with E-state index in [1.165, 1.54) is 10.4 Å². The lowest BCUT2D eigenvalue weighted by Gasteiger charge is -2.37. The van der Waals surface area contributed by atoms with E-state index in [9.17, 15) is 9.90 Å². The van der Waals surface area contributed by atoms with Crippen molar-refractivity contribution in [2.45, 2.75) is 18.9 Å². The highest BCUT2D eigenvalue weighted by molar-refractivity contribution is 9.11. The van der Waals surface area contributed by atoms with Crippen LogP contribution in [0.3, 0.4) is 0 Å². The number of aliphatic carboxylic acids is 1. The summed E-state index contributed by atoms with van der Waals surface area (Å²) in [5.74, 6) is -0.982. The number of nitrogens with zero attached hydrogens (tertiary/aromatic N) is 2. The second kappa shape index (κ2) is 7.47. The molecule has 1 saturated heterocycles. The average molecular weight is 431 g/mol. The Hall–Kier alpha value is -1.76. The van der Waals surface area contributed by atoms with Crippen molar-refractivity contribution in [1.82, 2.24) is 9.88 Å². The number of halogens is 1. The van der Waals surface area contributed by atoms with Gasteiger partial charge in [0.1, 0.15) is 0 Å². The number of benzene rings is 1. The number of carbonyl (C=O) groups is 1. The molecule has 1 N–H and O–H groups in total. The van der Waals surface area contributed by atoms with E-state index in [4.69, 9.17) is 0 Å². The Kier molecular flexibility index (Phi) is 5.07. The van der Waals surface area contributed by atoms with Crippen molar-refractivity contribution in [1.29, 1.82) is 0 Å². The Morgan fingerprint density at radius 1 is 1.27 bits per heavy atom. The predicted molar refractivity (Wildman–Crippen MR) is 108 cm³/mol. The summed E-state index contributed by atoms with van der Waals surface area (Å²) in [4.78, 5) is 19.3. The lowest BCUT2D eigenvalue weighted by Crippen LogP contribution is -2.41. The van der Waals surface area contributed by atoms with Gasteiger partial charge in [-0.3, -0.25) is 14.7 Å². The molecule has 1 aliphatic rings. The number of hydrogen-bond donors (Lipinski definition) is 1. The van der Waals surface area contributed by atoms with E-state index < -0.39 is 5.97 Å². The minimum atomic E-state index is -0.689. The van der Waals surface area contributed by atoms with Gasteiger partial charge in [-0.25, -0.2) is 0 Å². The van der Waals surface area contributed by atoms with Crippen LogP contribution in [0.4, 0.5) is 0 Å². The first-order valence-electron chi connectivity index (χ1n) is 8.67. The Labute approximate surface area is 164 Å². The standard InChI is InChI=1S/C20H19BrN2O2S/c21-18-6-5-17(26-18)19(23-9-1-2-16(12-23)20(24)25)14-3-4-15-11-22-8-7-13(15)10-14/h3-8,10-11,16,19H,1-2,9,12H2,(H,24,25). The topological polar surface area (TPSA) is 53.4 Å². The molecule has 0 bridgehead atoms. The number of fused-ring (bicyclic) bond motifs is 1. The van der Waals surface area contributed by atoms with E-state index >= 15 is 0 Å². The van der Waals surface area contributed by atoms with Crippen molar-refractivity contribution in [3.63, 3.8) is 0 Å². The summed E-state index contributed by atoms with van der Waals surface area (Å²) in [7, 11) is 0. The maximum absolute atomic E-state index is 11.5.